The number of aryl methyl sites for hydroxylation is 2. The molecule has 0 aliphatic rings. The van der Waals surface area contributed by atoms with E-state index in [0.29, 0.717) is 28.7 Å². The molecule has 0 unspecified atom stereocenters. The van der Waals surface area contributed by atoms with E-state index >= 15 is 0 Å². The van der Waals surface area contributed by atoms with Gasteiger partial charge in [-0.2, -0.15) is 4.39 Å². The molecule has 0 spiro atoms. The number of benzene rings is 4. The first kappa shape index (κ1) is 24.5. The van der Waals surface area contributed by atoms with Gasteiger partial charge < -0.3 is 4.74 Å². The summed E-state index contributed by atoms with van der Waals surface area (Å²) in [6, 6.07) is 20.1. The molecule has 0 atom stereocenters. The predicted octanol–water partition coefficient (Wildman–Crippen LogP) is 8.67. The molecule has 0 saturated heterocycles. The molecule has 0 heterocycles. The zero-order valence-corrected chi connectivity index (χ0v) is 19.7. The third-order valence-electron chi connectivity index (χ3n) is 6.05. The largest absolute Gasteiger partial charge is 0.486 e. The Balaban J connectivity index is 1.47. The normalized spacial score (nSPS) is 11.0. The van der Waals surface area contributed by atoms with Crippen LogP contribution < -0.4 is 4.74 Å². The standard InChI is InChI=1S/C30H26F4O/c1-3-5-19-6-10-22(11-7-19)25-16-17-26(30(34)29(25)33)35-18-20-8-12-23(13-9-20)24-15-14-21(4-2)27(31)28(24)32/h6-17H,3-5,18H2,1-2H3. The molecule has 0 aromatic heterocycles. The van der Waals surface area contributed by atoms with Crippen LogP contribution in [0.4, 0.5) is 17.6 Å². The molecule has 5 heteroatoms. The van der Waals surface area contributed by atoms with Gasteiger partial charge in [0.1, 0.15) is 6.61 Å². The molecule has 0 bridgehead atoms. The molecule has 0 saturated carbocycles. The van der Waals surface area contributed by atoms with Crippen molar-refractivity contribution in [2.75, 3.05) is 0 Å². The van der Waals surface area contributed by atoms with Gasteiger partial charge in [-0.1, -0.05) is 80.9 Å². The Morgan fingerprint density at radius 3 is 1.69 bits per heavy atom. The number of ether oxygens (including phenoxy) is 1. The second-order valence-electron chi connectivity index (χ2n) is 8.43. The highest BCUT2D eigenvalue weighted by Gasteiger charge is 2.17. The highest BCUT2D eigenvalue weighted by Crippen LogP contribution is 2.31. The zero-order valence-electron chi connectivity index (χ0n) is 19.7. The second kappa shape index (κ2) is 10.8. The van der Waals surface area contributed by atoms with E-state index in [1.807, 2.05) is 12.1 Å². The highest BCUT2D eigenvalue weighted by atomic mass is 19.2. The van der Waals surface area contributed by atoms with E-state index in [0.717, 1.165) is 18.4 Å². The molecule has 180 valence electrons. The van der Waals surface area contributed by atoms with Gasteiger partial charge in [-0.25, -0.2) is 13.2 Å². The Hall–Kier alpha value is -3.60. The Labute approximate surface area is 203 Å². The number of rotatable bonds is 8. The van der Waals surface area contributed by atoms with E-state index in [-0.39, 0.29) is 23.5 Å². The van der Waals surface area contributed by atoms with Crippen molar-refractivity contribution in [1.82, 2.24) is 0 Å². The first-order valence-electron chi connectivity index (χ1n) is 11.7. The fourth-order valence-electron chi connectivity index (χ4n) is 4.03. The maximum Gasteiger partial charge on any atom is 0.201 e. The van der Waals surface area contributed by atoms with Gasteiger partial charge in [-0.05, 0) is 52.8 Å². The molecule has 1 nitrogen and oxygen atoms in total. The summed E-state index contributed by atoms with van der Waals surface area (Å²) in [5.74, 6) is -3.93. The van der Waals surface area contributed by atoms with Crippen LogP contribution in [0.3, 0.4) is 0 Å². The average molecular weight is 479 g/mol. The van der Waals surface area contributed by atoms with Crippen molar-refractivity contribution in [3.05, 3.63) is 113 Å². The van der Waals surface area contributed by atoms with E-state index in [9.17, 15) is 17.6 Å². The summed E-state index contributed by atoms with van der Waals surface area (Å²) in [5.41, 5.74) is 3.59. The van der Waals surface area contributed by atoms with Gasteiger partial charge in [0.05, 0.1) is 0 Å². The SMILES string of the molecule is CCCc1ccc(-c2ccc(OCc3ccc(-c4ccc(CC)c(F)c4F)cc3)c(F)c2F)cc1. The van der Waals surface area contributed by atoms with E-state index in [2.05, 4.69) is 6.92 Å². The summed E-state index contributed by atoms with van der Waals surface area (Å²) in [5, 5.41) is 0. The minimum absolute atomic E-state index is 0.00663. The summed E-state index contributed by atoms with van der Waals surface area (Å²) in [6.07, 6.45) is 2.35. The Kier molecular flexibility index (Phi) is 7.54. The van der Waals surface area contributed by atoms with Gasteiger partial charge in [0.25, 0.3) is 0 Å². The van der Waals surface area contributed by atoms with Crippen LogP contribution in [-0.2, 0) is 19.4 Å². The highest BCUT2D eigenvalue weighted by molar-refractivity contribution is 5.66. The Morgan fingerprint density at radius 1 is 0.571 bits per heavy atom. The molecule has 4 aromatic carbocycles. The smallest absolute Gasteiger partial charge is 0.201 e. The lowest BCUT2D eigenvalue weighted by Crippen LogP contribution is -2.00. The van der Waals surface area contributed by atoms with Crippen LogP contribution in [0.25, 0.3) is 22.3 Å². The minimum Gasteiger partial charge on any atom is -0.486 e. The van der Waals surface area contributed by atoms with E-state index in [1.165, 1.54) is 12.1 Å². The monoisotopic (exact) mass is 478 g/mol. The molecule has 0 aliphatic heterocycles. The minimum atomic E-state index is -1.05. The van der Waals surface area contributed by atoms with Gasteiger partial charge in [0, 0.05) is 11.1 Å². The molecular weight excluding hydrogens is 452 g/mol. The fraction of sp³-hybridized carbons (Fsp3) is 0.200. The van der Waals surface area contributed by atoms with Crippen LogP contribution in [0.15, 0.2) is 72.8 Å². The summed E-state index contributed by atoms with van der Waals surface area (Å²) in [4.78, 5) is 0. The number of hydrogen-bond acceptors (Lipinski definition) is 1. The van der Waals surface area contributed by atoms with Crippen LogP contribution in [0, 0.1) is 23.3 Å². The fourth-order valence-corrected chi connectivity index (χ4v) is 4.03. The average Bonchev–Trinajstić information content (AvgIpc) is 2.88. The van der Waals surface area contributed by atoms with Crippen molar-refractivity contribution >= 4 is 0 Å². The quantitative estimate of drug-likeness (QED) is 0.230. The third-order valence-corrected chi connectivity index (χ3v) is 6.05. The molecular formula is C30H26F4O. The van der Waals surface area contributed by atoms with Crippen molar-refractivity contribution < 1.29 is 22.3 Å². The van der Waals surface area contributed by atoms with E-state index < -0.39 is 23.3 Å². The maximum absolute atomic E-state index is 14.8. The first-order valence-corrected chi connectivity index (χ1v) is 11.7. The van der Waals surface area contributed by atoms with Crippen LogP contribution in [0.2, 0.25) is 0 Å². The molecule has 4 aromatic rings. The second-order valence-corrected chi connectivity index (χ2v) is 8.43. The van der Waals surface area contributed by atoms with Gasteiger partial charge >= 0.3 is 0 Å². The van der Waals surface area contributed by atoms with Crippen LogP contribution in [0.1, 0.15) is 37.0 Å². The topological polar surface area (TPSA) is 9.23 Å². The van der Waals surface area contributed by atoms with Gasteiger partial charge in [-0.15, -0.1) is 0 Å². The Morgan fingerprint density at radius 2 is 1.11 bits per heavy atom. The van der Waals surface area contributed by atoms with E-state index in [4.69, 9.17) is 4.74 Å². The molecule has 0 amide bonds. The lowest BCUT2D eigenvalue weighted by atomic mass is 10.0. The van der Waals surface area contributed by atoms with Gasteiger partial charge in [-0.3, -0.25) is 0 Å². The summed E-state index contributed by atoms with van der Waals surface area (Å²) >= 11 is 0. The zero-order chi connectivity index (χ0) is 24.9. The molecule has 4 rings (SSSR count). The molecule has 35 heavy (non-hydrogen) atoms. The number of halogens is 4. The molecule has 0 radical (unpaired) electrons. The molecule has 0 fully saturated rings. The van der Waals surface area contributed by atoms with Crippen molar-refractivity contribution in [3.8, 4) is 28.0 Å². The van der Waals surface area contributed by atoms with Crippen LogP contribution >= 0.6 is 0 Å². The third kappa shape index (κ3) is 5.24. The Bertz CT molecular complexity index is 1310. The van der Waals surface area contributed by atoms with Crippen molar-refractivity contribution in [2.24, 2.45) is 0 Å². The molecule has 0 aliphatic carbocycles. The summed E-state index contributed by atoms with van der Waals surface area (Å²) in [6.45, 7) is 3.84. The van der Waals surface area contributed by atoms with Crippen molar-refractivity contribution in [3.63, 3.8) is 0 Å². The lowest BCUT2D eigenvalue weighted by Gasteiger charge is -2.12. The summed E-state index contributed by atoms with van der Waals surface area (Å²) in [7, 11) is 0. The van der Waals surface area contributed by atoms with Crippen molar-refractivity contribution in [2.45, 2.75) is 39.7 Å². The summed E-state index contributed by atoms with van der Waals surface area (Å²) < 4.78 is 63.5. The van der Waals surface area contributed by atoms with E-state index in [1.54, 1.807) is 55.5 Å². The molecule has 0 N–H and O–H groups in total. The first-order chi connectivity index (χ1) is 16.9. The maximum atomic E-state index is 14.8. The van der Waals surface area contributed by atoms with Crippen LogP contribution in [-0.4, -0.2) is 0 Å². The van der Waals surface area contributed by atoms with Crippen LogP contribution in [0.5, 0.6) is 5.75 Å². The van der Waals surface area contributed by atoms with Gasteiger partial charge in [0.2, 0.25) is 5.82 Å². The van der Waals surface area contributed by atoms with Gasteiger partial charge in [0.15, 0.2) is 23.2 Å². The van der Waals surface area contributed by atoms with Crippen molar-refractivity contribution in [1.29, 1.82) is 0 Å². The predicted molar refractivity (Wildman–Crippen MR) is 131 cm³/mol. The number of hydrogen-bond donors (Lipinski definition) is 0. The lowest BCUT2D eigenvalue weighted by molar-refractivity contribution is 0.285.